The van der Waals surface area contributed by atoms with Crippen LogP contribution in [-0.2, 0) is 13.5 Å². The molecule has 16 heavy (non-hydrogen) atoms. The summed E-state index contributed by atoms with van der Waals surface area (Å²) in [5, 5.41) is 0. The summed E-state index contributed by atoms with van der Waals surface area (Å²) in [6, 6.07) is 8.16. The summed E-state index contributed by atoms with van der Waals surface area (Å²) in [5.74, 6) is 0. The van der Waals surface area contributed by atoms with Crippen molar-refractivity contribution in [1.29, 1.82) is 0 Å². The predicted molar refractivity (Wildman–Crippen MR) is 69.1 cm³/mol. The Kier molecular flexibility index (Phi) is 3.41. The first-order valence-corrected chi connectivity index (χ1v) is 5.98. The van der Waals surface area contributed by atoms with Gasteiger partial charge >= 0.3 is 0 Å². The molecular formula is C12H14BrN3. The minimum atomic E-state index is 0.639. The summed E-state index contributed by atoms with van der Waals surface area (Å²) in [7, 11) is 2.00. The van der Waals surface area contributed by atoms with E-state index < -0.39 is 0 Å². The lowest BCUT2D eigenvalue weighted by atomic mass is 10.1. The quantitative estimate of drug-likeness (QED) is 0.938. The second-order valence-electron chi connectivity index (χ2n) is 3.70. The van der Waals surface area contributed by atoms with Crippen LogP contribution in [0, 0.1) is 0 Å². The third-order valence-corrected chi connectivity index (χ3v) is 3.03. The first-order chi connectivity index (χ1) is 7.72. The fraction of sp³-hybridized carbons (Fsp3) is 0.250. The number of rotatable bonds is 3. The highest BCUT2D eigenvalue weighted by Gasteiger charge is 2.10. The summed E-state index contributed by atoms with van der Waals surface area (Å²) in [4.78, 5) is 4.43. The number of hydrogen-bond donors (Lipinski definition) is 1. The van der Waals surface area contributed by atoms with Gasteiger partial charge in [-0.3, -0.25) is 0 Å². The van der Waals surface area contributed by atoms with Crippen LogP contribution in [-0.4, -0.2) is 16.1 Å². The monoisotopic (exact) mass is 279 g/mol. The standard InChI is InChI=1S/C12H14BrN3/c1-16-8-15-12(11(16)5-6-14)9-3-2-4-10(13)7-9/h2-4,7-8H,5-6,14H2,1H3. The molecule has 0 saturated heterocycles. The summed E-state index contributed by atoms with van der Waals surface area (Å²) in [6.07, 6.45) is 2.68. The lowest BCUT2D eigenvalue weighted by molar-refractivity contribution is 0.805. The van der Waals surface area contributed by atoms with Crippen LogP contribution in [0.3, 0.4) is 0 Å². The molecule has 0 aliphatic heterocycles. The van der Waals surface area contributed by atoms with Crippen molar-refractivity contribution < 1.29 is 0 Å². The van der Waals surface area contributed by atoms with Crippen LogP contribution in [0.15, 0.2) is 35.1 Å². The number of benzene rings is 1. The van der Waals surface area contributed by atoms with Crippen molar-refractivity contribution in [3.63, 3.8) is 0 Å². The Morgan fingerprint density at radius 3 is 2.94 bits per heavy atom. The van der Waals surface area contributed by atoms with E-state index in [2.05, 4.69) is 33.0 Å². The van der Waals surface area contributed by atoms with Gasteiger partial charge in [0.25, 0.3) is 0 Å². The van der Waals surface area contributed by atoms with Gasteiger partial charge in [0, 0.05) is 29.2 Å². The molecule has 0 fully saturated rings. The van der Waals surface area contributed by atoms with Crippen molar-refractivity contribution in [2.45, 2.75) is 6.42 Å². The molecule has 0 amide bonds. The van der Waals surface area contributed by atoms with Gasteiger partial charge in [0.15, 0.2) is 0 Å². The van der Waals surface area contributed by atoms with Crippen LogP contribution >= 0.6 is 15.9 Å². The maximum atomic E-state index is 5.62. The van der Waals surface area contributed by atoms with E-state index >= 15 is 0 Å². The van der Waals surface area contributed by atoms with Gasteiger partial charge in [0.1, 0.15) is 0 Å². The normalized spacial score (nSPS) is 10.7. The van der Waals surface area contributed by atoms with Gasteiger partial charge in [-0.15, -0.1) is 0 Å². The highest BCUT2D eigenvalue weighted by molar-refractivity contribution is 9.10. The van der Waals surface area contributed by atoms with Crippen LogP contribution in [0.5, 0.6) is 0 Å². The molecule has 1 aromatic carbocycles. The van der Waals surface area contributed by atoms with Crippen molar-refractivity contribution in [2.24, 2.45) is 12.8 Å². The zero-order valence-electron chi connectivity index (χ0n) is 9.15. The highest BCUT2D eigenvalue weighted by Crippen LogP contribution is 2.24. The molecule has 1 aromatic heterocycles. The molecule has 4 heteroatoms. The highest BCUT2D eigenvalue weighted by atomic mass is 79.9. The number of aromatic nitrogens is 2. The van der Waals surface area contributed by atoms with Gasteiger partial charge in [-0.1, -0.05) is 28.1 Å². The smallest absolute Gasteiger partial charge is 0.0953 e. The van der Waals surface area contributed by atoms with E-state index in [1.54, 1.807) is 0 Å². The minimum absolute atomic E-state index is 0.639. The van der Waals surface area contributed by atoms with Crippen LogP contribution < -0.4 is 5.73 Å². The Bertz CT molecular complexity index is 491. The van der Waals surface area contributed by atoms with Crippen LogP contribution in [0.2, 0.25) is 0 Å². The summed E-state index contributed by atoms with van der Waals surface area (Å²) < 4.78 is 3.10. The SMILES string of the molecule is Cn1cnc(-c2cccc(Br)c2)c1CCN. The Labute approximate surface area is 103 Å². The fourth-order valence-electron chi connectivity index (χ4n) is 1.76. The molecule has 0 saturated carbocycles. The van der Waals surface area contributed by atoms with Gasteiger partial charge < -0.3 is 10.3 Å². The van der Waals surface area contributed by atoms with E-state index in [9.17, 15) is 0 Å². The van der Waals surface area contributed by atoms with E-state index in [4.69, 9.17) is 5.73 Å². The number of nitrogens with two attached hydrogens (primary N) is 1. The van der Waals surface area contributed by atoms with E-state index in [0.29, 0.717) is 6.54 Å². The van der Waals surface area contributed by atoms with Gasteiger partial charge in [0.05, 0.1) is 12.0 Å². The van der Waals surface area contributed by atoms with Gasteiger partial charge in [0.2, 0.25) is 0 Å². The molecular weight excluding hydrogens is 266 g/mol. The van der Waals surface area contributed by atoms with E-state index in [1.807, 2.05) is 30.1 Å². The minimum Gasteiger partial charge on any atom is -0.337 e. The molecule has 1 heterocycles. The summed E-state index contributed by atoms with van der Waals surface area (Å²) in [5.41, 5.74) is 8.94. The lowest BCUT2D eigenvalue weighted by Gasteiger charge is -2.05. The number of halogens is 1. The van der Waals surface area contributed by atoms with Crippen LogP contribution in [0.4, 0.5) is 0 Å². The molecule has 0 aliphatic rings. The Morgan fingerprint density at radius 1 is 1.44 bits per heavy atom. The van der Waals surface area contributed by atoms with Gasteiger partial charge in [-0.25, -0.2) is 4.98 Å². The van der Waals surface area contributed by atoms with Gasteiger partial charge in [-0.2, -0.15) is 0 Å². The Morgan fingerprint density at radius 2 is 2.25 bits per heavy atom. The van der Waals surface area contributed by atoms with Crippen molar-refractivity contribution in [3.05, 3.63) is 40.8 Å². The van der Waals surface area contributed by atoms with Crippen molar-refractivity contribution in [3.8, 4) is 11.3 Å². The Hall–Kier alpha value is -1.13. The number of hydrogen-bond acceptors (Lipinski definition) is 2. The maximum Gasteiger partial charge on any atom is 0.0953 e. The van der Waals surface area contributed by atoms with Crippen LogP contribution in [0.25, 0.3) is 11.3 Å². The predicted octanol–water partition coefficient (Wildman–Crippen LogP) is 2.35. The second-order valence-corrected chi connectivity index (χ2v) is 4.62. The van der Waals surface area contributed by atoms with Crippen molar-refractivity contribution in [1.82, 2.24) is 9.55 Å². The first-order valence-electron chi connectivity index (χ1n) is 5.18. The fourth-order valence-corrected chi connectivity index (χ4v) is 2.16. The number of nitrogens with zero attached hydrogens (tertiary/aromatic N) is 2. The number of imidazole rings is 1. The molecule has 0 bridgehead atoms. The molecule has 3 nitrogen and oxygen atoms in total. The Balaban J connectivity index is 2.47. The lowest BCUT2D eigenvalue weighted by Crippen LogP contribution is -2.07. The maximum absolute atomic E-state index is 5.62. The molecule has 0 atom stereocenters. The average molecular weight is 280 g/mol. The molecule has 0 spiro atoms. The van der Waals surface area contributed by atoms with Crippen molar-refractivity contribution >= 4 is 15.9 Å². The third-order valence-electron chi connectivity index (χ3n) is 2.54. The zero-order chi connectivity index (χ0) is 11.5. The third kappa shape index (κ3) is 2.18. The molecule has 2 rings (SSSR count). The first kappa shape index (κ1) is 11.4. The molecule has 0 aliphatic carbocycles. The molecule has 2 aromatic rings. The summed E-state index contributed by atoms with van der Waals surface area (Å²) >= 11 is 3.47. The van der Waals surface area contributed by atoms with Crippen LogP contribution in [0.1, 0.15) is 5.69 Å². The van der Waals surface area contributed by atoms with E-state index in [0.717, 1.165) is 22.2 Å². The molecule has 84 valence electrons. The van der Waals surface area contributed by atoms with E-state index in [-0.39, 0.29) is 0 Å². The van der Waals surface area contributed by atoms with E-state index in [1.165, 1.54) is 5.69 Å². The van der Waals surface area contributed by atoms with Crippen molar-refractivity contribution in [2.75, 3.05) is 6.54 Å². The summed E-state index contributed by atoms with van der Waals surface area (Å²) in [6.45, 7) is 0.639. The molecule has 2 N–H and O–H groups in total. The molecule has 0 unspecified atom stereocenters. The average Bonchev–Trinajstić information content (AvgIpc) is 2.61. The number of aryl methyl sites for hydroxylation is 1. The molecule has 0 radical (unpaired) electrons. The zero-order valence-corrected chi connectivity index (χ0v) is 10.7. The second kappa shape index (κ2) is 4.80. The topological polar surface area (TPSA) is 43.8 Å². The largest absolute Gasteiger partial charge is 0.337 e. The van der Waals surface area contributed by atoms with Gasteiger partial charge in [-0.05, 0) is 18.7 Å².